The van der Waals surface area contributed by atoms with Crippen LogP contribution in [0.4, 0.5) is 0 Å². The van der Waals surface area contributed by atoms with Crippen LogP contribution >= 0.6 is 11.3 Å². The molecule has 2 aromatic rings. The summed E-state index contributed by atoms with van der Waals surface area (Å²) in [6.45, 7) is 1.40. The normalized spacial score (nSPS) is 15.3. The molecule has 1 aromatic heterocycles. The van der Waals surface area contributed by atoms with Gasteiger partial charge in [0.25, 0.3) is 0 Å². The molecule has 0 atom stereocenters. The van der Waals surface area contributed by atoms with E-state index in [-0.39, 0.29) is 11.3 Å². The van der Waals surface area contributed by atoms with Crippen molar-refractivity contribution >= 4 is 17.2 Å². The molecule has 3 N–H and O–H groups in total. The first-order valence-corrected chi connectivity index (χ1v) is 9.05. The van der Waals surface area contributed by atoms with Gasteiger partial charge < -0.3 is 11.1 Å². The highest BCUT2D eigenvalue weighted by molar-refractivity contribution is 7.09. The third-order valence-corrected chi connectivity index (χ3v) is 5.36. The van der Waals surface area contributed by atoms with Crippen LogP contribution in [-0.4, -0.2) is 24.0 Å². The van der Waals surface area contributed by atoms with Crippen LogP contribution < -0.4 is 11.1 Å². The Balaban J connectivity index is 1.49. The molecule has 3 rings (SSSR count). The van der Waals surface area contributed by atoms with Gasteiger partial charge in [0.15, 0.2) is 0 Å². The van der Waals surface area contributed by atoms with Crippen LogP contribution in [-0.2, 0) is 23.1 Å². The molecule has 122 valence electrons. The first-order chi connectivity index (χ1) is 11.2. The molecule has 0 unspecified atom stereocenters. The topological polar surface area (TPSA) is 68.0 Å². The van der Waals surface area contributed by atoms with E-state index in [0.29, 0.717) is 13.0 Å². The smallest absolute Gasteiger partial charge is 0.226 e. The molecule has 0 saturated heterocycles. The molecule has 23 heavy (non-hydrogen) atoms. The Kier molecular flexibility index (Phi) is 5.08. The van der Waals surface area contributed by atoms with E-state index < -0.39 is 0 Å². The summed E-state index contributed by atoms with van der Waals surface area (Å²) < 4.78 is 0. The van der Waals surface area contributed by atoms with E-state index in [4.69, 9.17) is 5.73 Å². The molecular weight excluding hydrogens is 306 g/mol. The second kappa shape index (κ2) is 7.23. The summed E-state index contributed by atoms with van der Waals surface area (Å²) >= 11 is 1.62. The molecule has 1 aromatic carbocycles. The zero-order valence-corrected chi connectivity index (χ0v) is 14.1. The van der Waals surface area contributed by atoms with Crippen molar-refractivity contribution < 1.29 is 4.79 Å². The summed E-state index contributed by atoms with van der Waals surface area (Å²) in [5.41, 5.74) is 7.87. The predicted molar refractivity (Wildman–Crippen MR) is 93.6 cm³/mol. The van der Waals surface area contributed by atoms with E-state index in [1.165, 1.54) is 5.56 Å². The van der Waals surface area contributed by atoms with Crippen molar-refractivity contribution in [2.24, 2.45) is 5.73 Å². The monoisotopic (exact) mass is 329 g/mol. The number of nitrogens with one attached hydrogen (secondary N) is 1. The molecule has 1 aliphatic carbocycles. The fourth-order valence-electron chi connectivity index (χ4n) is 2.80. The minimum absolute atomic E-state index is 0.0582. The Hall–Kier alpha value is -1.72. The molecule has 1 amide bonds. The molecule has 0 aliphatic heterocycles. The van der Waals surface area contributed by atoms with Crippen molar-refractivity contribution in [2.75, 3.05) is 13.1 Å². The summed E-state index contributed by atoms with van der Waals surface area (Å²) in [4.78, 5) is 16.7. The van der Waals surface area contributed by atoms with E-state index in [9.17, 15) is 4.79 Å². The highest BCUT2D eigenvalue weighted by atomic mass is 32.1. The zero-order valence-electron chi connectivity index (χ0n) is 13.3. The first-order valence-electron chi connectivity index (χ1n) is 8.17. The molecule has 1 fully saturated rings. The molecule has 0 radical (unpaired) electrons. The van der Waals surface area contributed by atoms with E-state index in [1.807, 2.05) is 11.4 Å². The average Bonchev–Trinajstić information content (AvgIpc) is 3.25. The van der Waals surface area contributed by atoms with Crippen LogP contribution in [0.5, 0.6) is 0 Å². The van der Waals surface area contributed by atoms with Gasteiger partial charge in [-0.25, -0.2) is 4.98 Å². The second-order valence-electron chi connectivity index (χ2n) is 6.22. The SMILES string of the molecule is NCCCc1nc(CC(=O)NCC2(c3ccccc3)CC2)cs1. The van der Waals surface area contributed by atoms with Gasteiger partial charge in [-0.2, -0.15) is 0 Å². The average molecular weight is 329 g/mol. The summed E-state index contributed by atoms with van der Waals surface area (Å²) in [6, 6.07) is 10.5. The van der Waals surface area contributed by atoms with Gasteiger partial charge in [0, 0.05) is 23.8 Å². The number of nitrogens with two attached hydrogens (primary N) is 1. The van der Waals surface area contributed by atoms with Gasteiger partial charge in [-0.1, -0.05) is 30.3 Å². The molecule has 0 bridgehead atoms. The lowest BCUT2D eigenvalue weighted by atomic mass is 9.96. The van der Waals surface area contributed by atoms with E-state index in [1.54, 1.807) is 11.3 Å². The number of aromatic nitrogens is 1. The largest absolute Gasteiger partial charge is 0.355 e. The molecular formula is C18H23N3OS. The number of thiazole rings is 1. The number of aryl methyl sites for hydroxylation is 1. The van der Waals surface area contributed by atoms with Gasteiger partial charge in [-0.05, 0) is 31.4 Å². The number of hydrogen-bond donors (Lipinski definition) is 2. The van der Waals surface area contributed by atoms with E-state index in [2.05, 4.69) is 34.6 Å². The first kappa shape index (κ1) is 16.1. The standard InChI is InChI=1S/C18H23N3OS/c19-10-4-7-17-21-15(12-23-17)11-16(22)20-13-18(8-9-18)14-5-2-1-3-6-14/h1-3,5-6,12H,4,7-11,13,19H2,(H,20,22). The quantitative estimate of drug-likeness (QED) is 0.781. The zero-order chi connectivity index (χ0) is 16.1. The van der Waals surface area contributed by atoms with Crippen LogP contribution in [0.2, 0.25) is 0 Å². The van der Waals surface area contributed by atoms with Crippen LogP contribution in [0.1, 0.15) is 35.5 Å². The minimum atomic E-state index is 0.0582. The summed E-state index contributed by atoms with van der Waals surface area (Å²) in [5.74, 6) is 0.0582. The van der Waals surface area contributed by atoms with Crippen molar-refractivity contribution in [3.63, 3.8) is 0 Å². The number of nitrogens with zero attached hydrogens (tertiary/aromatic N) is 1. The predicted octanol–water partition coefficient (Wildman–Crippen LogP) is 2.42. The van der Waals surface area contributed by atoms with Crippen LogP contribution in [0.25, 0.3) is 0 Å². The van der Waals surface area contributed by atoms with Crippen molar-refractivity contribution in [3.05, 3.63) is 52.0 Å². The Morgan fingerprint density at radius 1 is 1.30 bits per heavy atom. The lowest BCUT2D eigenvalue weighted by molar-refractivity contribution is -0.120. The number of carbonyl (C=O) groups excluding carboxylic acids is 1. The number of carbonyl (C=O) groups is 1. The summed E-state index contributed by atoms with van der Waals surface area (Å²) in [6.07, 6.45) is 4.51. The molecule has 1 heterocycles. The van der Waals surface area contributed by atoms with Gasteiger partial charge in [0.05, 0.1) is 17.1 Å². The number of hydrogen-bond acceptors (Lipinski definition) is 4. The lowest BCUT2D eigenvalue weighted by Gasteiger charge is -2.16. The third-order valence-electron chi connectivity index (χ3n) is 4.40. The third kappa shape index (κ3) is 4.18. The maximum absolute atomic E-state index is 12.2. The van der Waals surface area contributed by atoms with Crippen LogP contribution in [0.15, 0.2) is 35.7 Å². The highest BCUT2D eigenvalue weighted by Crippen LogP contribution is 2.47. The van der Waals surface area contributed by atoms with Crippen molar-refractivity contribution in [3.8, 4) is 0 Å². The maximum atomic E-state index is 12.2. The van der Waals surface area contributed by atoms with E-state index >= 15 is 0 Å². The van der Waals surface area contributed by atoms with Crippen molar-refractivity contribution in [1.82, 2.24) is 10.3 Å². The summed E-state index contributed by atoms with van der Waals surface area (Å²) in [5, 5.41) is 6.14. The van der Waals surface area contributed by atoms with Gasteiger partial charge in [-0.15, -0.1) is 11.3 Å². The number of benzene rings is 1. The fraction of sp³-hybridized carbons (Fsp3) is 0.444. The fourth-order valence-corrected chi connectivity index (χ4v) is 3.64. The van der Waals surface area contributed by atoms with Crippen LogP contribution in [0.3, 0.4) is 0 Å². The highest BCUT2D eigenvalue weighted by Gasteiger charge is 2.44. The van der Waals surface area contributed by atoms with E-state index in [0.717, 1.165) is 42.9 Å². The molecule has 0 spiro atoms. The van der Waals surface area contributed by atoms with Gasteiger partial charge in [0.2, 0.25) is 5.91 Å². The molecule has 1 saturated carbocycles. The Bertz CT molecular complexity index is 649. The van der Waals surface area contributed by atoms with Crippen molar-refractivity contribution in [2.45, 2.75) is 37.5 Å². The second-order valence-corrected chi connectivity index (χ2v) is 7.17. The maximum Gasteiger partial charge on any atom is 0.226 e. The lowest BCUT2D eigenvalue weighted by Crippen LogP contribution is -2.33. The molecule has 1 aliphatic rings. The van der Waals surface area contributed by atoms with Gasteiger partial charge >= 0.3 is 0 Å². The minimum Gasteiger partial charge on any atom is -0.355 e. The van der Waals surface area contributed by atoms with Crippen molar-refractivity contribution in [1.29, 1.82) is 0 Å². The number of amides is 1. The Morgan fingerprint density at radius 3 is 2.78 bits per heavy atom. The Labute approximate surface area is 141 Å². The van der Waals surface area contributed by atoms with Crippen LogP contribution in [0, 0.1) is 0 Å². The Morgan fingerprint density at radius 2 is 2.09 bits per heavy atom. The number of rotatable bonds is 8. The molecule has 5 heteroatoms. The summed E-state index contributed by atoms with van der Waals surface area (Å²) in [7, 11) is 0. The van der Waals surface area contributed by atoms with Gasteiger partial charge in [-0.3, -0.25) is 4.79 Å². The van der Waals surface area contributed by atoms with Gasteiger partial charge in [0.1, 0.15) is 0 Å². The molecule has 4 nitrogen and oxygen atoms in total.